The van der Waals surface area contributed by atoms with E-state index in [-0.39, 0.29) is 0 Å². The predicted octanol–water partition coefficient (Wildman–Crippen LogP) is 14.7. The molecule has 268 valence electrons. The Morgan fingerprint density at radius 3 is 1.33 bits per heavy atom. The van der Waals surface area contributed by atoms with Gasteiger partial charge >= 0.3 is 0 Å². The fraction of sp³-hybridized carbons (Fsp3) is 0. The molecule has 0 aliphatic rings. The molecule has 11 rings (SSSR count). The van der Waals surface area contributed by atoms with Crippen LogP contribution in [0.3, 0.4) is 0 Å². The van der Waals surface area contributed by atoms with Gasteiger partial charge in [0.25, 0.3) is 0 Å². The number of nitrogens with zero attached hydrogens (tertiary/aromatic N) is 3. The predicted molar refractivity (Wildman–Crippen MR) is 241 cm³/mol. The van der Waals surface area contributed by atoms with Gasteiger partial charge in [0, 0.05) is 50.0 Å². The summed E-state index contributed by atoms with van der Waals surface area (Å²) in [7, 11) is 0. The van der Waals surface area contributed by atoms with Gasteiger partial charge in [0.1, 0.15) is 0 Å². The van der Waals surface area contributed by atoms with Crippen molar-refractivity contribution in [1.82, 2.24) is 9.13 Å². The molecule has 9 aromatic carbocycles. The number of hydrogen-bond acceptors (Lipinski definition) is 1. The number of aromatic nitrogens is 2. The average molecular weight is 728 g/mol. The van der Waals surface area contributed by atoms with E-state index in [9.17, 15) is 0 Å². The molecule has 0 fully saturated rings. The summed E-state index contributed by atoms with van der Waals surface area (Å²) in [6.07, 6.45) is 0. The Balaban J connectivity index is 1.16. The molecule has 3 heteroatoms. The third-order valence-electron chi connectivity index (χ3n) is 11.3. The number of benzene rings is 9. The van der Waals surface area contributed by atoms with Crippen molar-refractivity contribution in [2.24, 2.45) is 0 Å². The molecule has 11 aromatic rings. The van der Waals surface area contributed by atoms with Gasteiger partial charge in [-0.05, 0) is 107 Å². The van der Waals surface area contributed by atoms with E-state index in [0.29, 0.717) is 0 Å². The van der Waals surface area contributed by atoms with Crippen molar-refractivity contribution in [3.63, 3.8) is 0 Å². The molecule has 0 spiro atoms. The third-order valence-corrected chi connectivity index (χ3v) is 11.3. The van der Waals surface area contributed by atoms with E-state index in [4.69, 9.17) is 0 Å². The zero-order valence-electron chi connectivity index (χ0n) is 31.2. The van der Waals surface area contributed by atoms with Crippen molar-refractivity contribution in [1.29, 1.82) is 0 Å². The molecule has 0 bridgehead atoms. The second-order valence-corrected chi connectivity index (χ2v) is 14.6. The fourth-order valence-corrected chi connectivity index (χ4v) is 8.74. The van der Waals surface area contributed by atoms with Crippen LogP contribution in [-0.4, -0.2) is 9.13 Å². The Morgan fingerprint density at radius 1 is 0.281 bits per heavy atom. The SMILES string of the molecule is c1ccc(-c2cc(-c3ccccc3)cc(-n3c4ccccc4c4c3ccc3c5ccccc5n(-c5ccc(N(c6ccccc6)c6ccccc6)cc5)c34)c2)cc1. The molecule has 2 aromatic heterocycles. The molecule has 0 atom stereocenters. The maximum Gasteiger partial charge on any atom is 0.0641 e. The number of rotatable bonds is 7. The first-order chi connectivity index (χ1) is 28.3. The minimum absolute atomic E-state index is 1.10. The molecule has 2 heterocycles. The van der Waals surface area contributed by atoms with Gasteiger partial charge in [-0.2, -0.15) is 0 Å². The first kappa shape index (κ1) is 32.8. The van der Waals surface area contributed by atoms with Crippen LogP contribution in [0.5, 0.6) is 0 Å². The first-order valence-corrected chi connectivity index (χ1v) is 19.5. The minimum atomic E-state index is 1.10. The molecule has 0 saturated carbocycles. The Hall–Kier alpha value is -7.62. The van der Waals surface area contributed by atoms with Crippen molar-refractivity contribution in [2.45, 2.75) is 0 Å². The topological polar surface area (TPSA) is 13.1 Å². The standard InChI is InChI=1S/C54H37N3/c1-5-17-38(18-6-1)40-35-41(39-19-7-2-8-20-39)37-46(36-40)56-51-28-16-14-26-49(51)53-52(56)34-33-48-47-25-13-15-27-50(47)57(54(48)53)45-31-29-44(30-32-45)55(42-21-9-3-10-22-42)43-23-11-4-12-24-43/h1-37H. The maximum absolute atomic E-state index is 2.47. The van der Waals surface area contributed by atoms with Crippen LogP contribution >= 0.6 is 0 Å². The van der Waals surface area contributed by atoms with Crippen molar-refractivity contribution in [2.75, 3.05) is 4.90 Å². The first-order valence-electron chi connectivity index (χ1n) is 19.5. The van der Waals surface area contributed by atoms with Gasteiger partial charge in [-0.1, -0.05) is 140 Å². The normalized spacial score (nSPS) is 11.5. The van der Waals surface area contributed by atoms with Crippen LogP contribution < -0.4 is 4.90 Å². The molecular weight excluding hydrogens is 691 g/mol. The van der Waals surface area contributed by atoms with Crippen LogP contribution in [0.2, 0.25) is 0 Å². The smallest absolute Gasteiger partial charge is 0.0641 e. The molecule has 0 radical (unpaired) electrons. The quantitative estimate of drug-likeness (QED) is 0.159. The number of anilines is 3. The van der Waals surface area contributed by atoms with Crippen LogP contribution in [0.1, 0.15) is 0 Å². The van der Waals surface area contributed by atoms with Gasteiger partial charge in [-0.25, -0.2) is 0 Å². The molecule has 3 nitrogen and oxygen atoms in total. The third kappa shape index (κ3) is 5.51. The number of para-hydroxylation sites is 4. The summed E-state index contributed by atoms with van der Waals surface area (Å²) in [5.41, 5.74) is 15.1. The van der Waals surface area contributed by atoms with Gasteiger partial charge in [0.15, 0.2) is 0 Å². The van der Waals surface area contributed by atoms with Crippen molar-refractivity contribution in [3.8, 4) is 33.6 Å². The summed E-state index contributed by atoms with van der Waals surface area (Å²) in [6.45, 7) is 0. The highest BCUT2D eigenvalue weighted by Gasteiger charge is 2.22. The van der Waals surface area contributed by atoms with Crippen LogP contribution in [0, 0.1) is 0 Å². The summed E-state index contributed by atoms with van der Waals surface area (Å²) in [4.78, 5) is 2.31. The zero-order chi connectivity index (χ0) is 37.7. The number of hydrogen-bond donors (Lipinski definition) is 0. The lowest BCUT2D eigenvalue weighted by molar-refractivity contribution is 1.17. The van der Waals surface area contributed by atoms with Crippen molar-refractivity contribution < 1.29 is 0 Å². The highest BCUT2D eigenvalue weighted by Crippen LogP contribution is 2.43. The van der Waals surface area contributed by atoms with E-state index in [2.05, 4.69) is 238 Å². The Labute approximate surface area is 331 Å². The second-order valence-electron chi connectivity index (χ2n) is 14.6. The molecule has 0 aliphatic heterocycles. The van der Waals surface area contributed by atoms with Gasteiger partial charge in [0.2, 0.25) is 0 Å². The van der Waals surface area contributed by atoms with E-state index in [0.717, 1.165) is 28.4 Å². The van der Waals surface area contributed by atoms with Gasteiger partial charge in [-0.3, -0.25) is 0 Å². The molecule has 57 heavy (non-hydrogen) atoms. The van der Waals surface area contributed by atoms with Gasteiger partial charge in [0.05, 0.1) is 22.1 Å². The number of fused-ring (bicyclic) bond motifs is 7. The van der Waals surface area contributed by atoms with E-state index >= 15 is 0 Å². The molecule has 0 saturated heterocycles. The summed E-state index contributed by atoms with van der Waals surface area (Å²) in [5, 5.41) is 4.95. The van der Waals surface area contributed by atoms with Crippen LogP contribution in [-0.2, 0) is 0 Å². The van der Waals surface area contributed by atoms with E-state index < -0.39 is 0 Å². The highest BCUT2D eigenvalue weighted by molar-refractivity contribution is 6.26. The Morgan fingerprint density at radius 2 is 0.754 bits per heavy atom. The van der Waals surface area contributed by atoms with Crippen molar-refractivity contribution in [3.05, 3.63) is 224 Å². The maximum atomic E-state index is 2.47. The molecule has 0 unspecified atom stereocenters. The average Bonchev–Trinajstić information content (AvgIpc) is 3.81. The molecule has 0 aliphatic carbocycles. The molecular formula is C54H37N3. The molecule has 0 N–H and O–H groups in total. The minimum Gasteiger partial charge on any atom is -0.311 e. The van der Waals surface area contributed by atoms with Crippen molar-refractivity contribution >= 4 is 60.7 Å². The summed E-state index contributed by atoms with van der Waals surface area (Å²) in [6, 6.07) is 81.0. The Kier molecular flexibility index (Phi) is 7.82. The largest absolute Gasteiger partial charge is 0.311 e. The van der Waals surface area contributed by atoms with Crippen LogP contribution in [0.25, 0.3) is 77.2 Å². The lowest BCUT2D eigenvalue weighted by Gasteiger charge is -2.25. The summed E-state index contributed by atoms with van der Waals surface area (Å²) < 4.78 is 4.93. The van der Waals surface area contributed by atoms with Crippen LogP contribution in [0.15, 0.2) is 224 Å². The van der Waals surface area contributed by atoms with Gasteiger partial charge < -0.3 is 14.0 Å². The van der Waals surface area contributed by atoms with E-state index in [1.165, 1.54) is 65.9 Å². The lowest BCUT2D eigenvalue weighted by Crippen LogP contribution is -2.09. The molecule has 0 amide bonds. The Bertz CT molecular complexity index is 3100. The van der Waals surface area contributed by atoms with E-state index in [1.54, 1.807) is 0 Å². The van der Waals surface area contributed by atoms with Gasteiger partial charge in [-0.15, -0.1) is 0 Å². The fourth-order valence-electron chi connectivity index (χ4n) is 8.74. The van der Waals surface area contributed by atoms with E-state index in [1.807, 2.05) is 0 Å². The summed E-state index contributed by atoms with van der Waals surface area (Å²) in [5.74, 6) is 0. The zero-order valence-corrected chi connectivity index (χ0v) is 31.2. The second kappa shape index (κ2) is 13.6. The van der Waals surface area contributed by atoms with Crippen LogP contribution in [0.4, 0.5) is 17.1 Å². The highest BCUT2D eigenvalue weighted by atomic mass is 15.1. The monoisotopic (exact) mass is 727 g/mol. The summed E-state index contributed by atoms with van der Waals surface area (Å²) >= 11 is 0. The lowest BCUT2D eigenvalue weighted by atomic mass is 9.98.